The van der Waals surface area contributed by atoms with Crippen LogP contribution in [-0.2, 0) is 11.3 Å². The molecule has 1 atom stereocenters. The fraction of sp³-hybridized carbons (Fsp3) is 0.381. The summed E-state index contributed by atoms with van der Waals surface area (Å²) in [5.41, 5.74) is 0.838. The predicted octanol–water partition coefficient (Wildman–Crippen LogP) is 2.88. The molecule has 2 saturated heterocycles. The van der Waals surface area contributed by atoms with Crippen LogP contribution in [0.2, 0.25) is 0 Å². The van der Waals surface area contributed by atoms with E-state index in [2.05, 4.69) is 4.98 Å². The lowest BCUT2D eigenvalue weighted by Gasteiger charge is -2.39. The molecule has 0 unspecified atom stereocenters. The summed E-state index contributed by atoms with van der Waals surface area (Å²) in [7, 11) is 0. The molecule has 1 aromatic carbocycles. The monoisotopic (exact) mass is 367 g/mol. The van der Waals surface area contributed by atoms with Gasteiger partial charge in [-0.15, -0.1) is 0 Å². The van der Waals surface area contributed by atoms with Gasteiger partial charge < -0.3 is 9.80 Å². The van der Waals surface area contributed by atoms with Gasteiger partial charge >= 0.3 is 0 Å². The molecule has 1 aromatic heterocycles. The van der Waals surface area contributed by atoms with Gasteiger partial charge in [-0.1, -0.05) is 18.2 Å². The van der Waals surface area contributed by atoms with Crippen LogP contribution in [0.5, 0.6) is 0 Å². The molecule has 3 heterocycles. The fourth-order valence-corrected chi connectivity index (χ4v) is 4.19. The minimum absolute atomic E-state index is 0.106. The van der Waals surface area contributed by atoms with Crippen molar-refractivity contribution in [2.75, 3.05) is 19.6 Å². The molecule has 0 aliphatic carbocycles. The van der Waals surface area contributed by atoms with Crippen molar-refractivity contribution < 1.29 is 14.0 Å². The Kier molecular flexibility index (Phi) is 4.64. The number of hydrogen-bond donors (Lipinski definition) is 0. The highest BCUT2D eigenvalue weighted by Gasteiger charge is 2.49. The Hall–Kier alpha value is -2.76. The number of benzene rings is 1. The summed E-state index contributed by atoms with van der Waals surface area (Å²) in [5, 5.41) is 0. The Morgan fingerprint density at radius 3 is 2.67 bits per heavy atom. The van der Waals surface area contributed by atoms with Crippen molar-refractivity contribution in [1.29, 1.82) is 0 Å². The maximum Gasteiger partial charge on any atom is 0.272 e. The van der Waals surface area contributed by atoms with Crippen LogP contribution in [0, 0.1) is 11.2 Å². The molecule has 1 spiro atoms. The van der Waals surface area contributed by atoms with Gasteiger partial charge in [0.05, 0.1) is 5.41 Å². The summed E-state index contributed by atoms with van der Waals surface area (Å²) in [4.78, 5) is 33.7. The van der Waals surface area contributed by atoms with E-state index in [0.717, 1.165) is 18.4 Å². The molecule has 4 rings (SSSR count). The van der Waals surface area contributed by atoms with E-state index in [1.165, 1.54) is 12.1 Å². The van der Waals surface area contributed by atoms with E-state index in [1.54, 1.807) is 41.4 Å². The highest BCUT2D eigenvalue weighted by atomic mass is 19.1. The van der Waals surface area contributed by atoms with Crippen LogP contribution in [0.1, 0.15) is 35.3 Å². The Labute approximate surface area is 157 Å². The number of carbonyl (C=O) groups excluding carboxylic acids is 2. The maximum absolute atomic E-state index is 13.2. The van der Waals surface area contributed by atoms with Crippen LogP contribution in [0.4, 0.5) is 4.39 Å². The van der Waals surface area contributed by atoms with Gasteiger partial charge in [-0.2, -0.15) is 0 Å². The largest absolute Gasteiger partial charge is 0.338 e. The number of aromatic nitrogens is 1. The van der Waals surface area contributed by atoms with E-state index < -0.39 is 5.41 Å². The summed E-state index contributed by atoms with van der Waals surface area (Å²) >= 11 is 0. The number of rotatable bonds is 3. The number of piperidine rings is 1. The second-order valence-electron chi connectivity index (χ2n) is 7.43. The zero-order chi connectivity index (χ0) is 18.9. The molecule has 2 amide bonds. The van der Waals surface area contributed by atoms with Crippen molar-refractivity contribution in [3.63, 3.8) is 0 Å². The van der Waals surface area contributed by atoms with Gasteiger partial charge in [0, 0.05) is 32.4 Å². The standard InChI is InChI=1S/C21H22FN3O2/c22-17-7-5-16(6-8-17)14-24-12-3-9-21(20(24)27)10-13-25(15-21)19(26)18-4-1-2-11-23-18/h1-2,4-8,11H,3,9-10,12-15H2/t21-/m1/s1. The number of halogens is 1. The lowest BCUT2D eigenvalue weighted by atomic mass is 9.78. The first-order valence-electron chi connectivity index (χ1n) is 9.32. The first kappa shape index (κ1) is 17.6. The SMILES string of the molecule is O=C(c1ccccn1)N1CC[C@]2(CCCN(Cc3ccc(F)cc3)C2=O)C1. The third kappa shape index (κ3) is 3.44. The Morgan fingerprint density at radius 1 is 1.11 bits per heavy atom. The van der Waals surface area contributed by atoms with Crippen molar-refractivity contribution >= 4 is 11.8 Å². The summed E-state index contributed by atoms with van der Waals surface area (Å²) in [5.74, 6) is -0.287. The molecule has 140 valence electrons. The number of carbonyl (C=O) groups is 2. The normalized spacial score (nSPS) is 22.5. The molecule has 2 aromatic rings. The molecule has 0 saturated carbocycles. The molecule has 0 N–H and O–H groups in total. The third-order valence-corrected chi connectivity index (χ3v) is 5.64. The Morgan fingerprint density at radius 2 is 1.93 bits per heavy atom. The predicted molar refractivity (Wildman–Crippen MR) is 98.2 cm³/mol. The van der Waals surface area contributed by atoms with Gasteiger partial charge in [0.25, 0.3) is 5.91 Å². The topological polar surface area (TPSA) is 53.5 Å². The molecule has 2 aliphatic rings. The van der Waals surface area contributed by atoms with Gasteiger partial charge in [0.15, 0.2) is 0 Å². The zero-order valence-electron chi connectivity index (χ0n) is 15.1. The van der Waals surface area contributed by atoms with E-state index in [9.17, 15) is 14.0 Å². The first-order chi connectivity index (χ1) is 13.1. The van der Waals surface area contributed by atoms with E-state index >= 15 is 0 Å². The van der Waals surface area contributed by atoms with Gasteiger partial charge in [0.2, 0.25) is 5.91 Å². The van der Waals surface area contributed by atoms with Gasteiger partial charge in [-0.3, -0.25) is 14.6 Å². The Bertz CT molecular complexity index is 840. The molecular formula is C21H22FN3O2. The van der Waals surface area contributed by atoms with Gasteiger partial charge in [-0.25, -0.2) is 4.39 Å². The number of pyridine rings is 1. The first-order valence-corrected chi connectivity index (χ1v) is 9.32. The van der Waals surface area contributed by atoms with Crippen LogP contribution >= 0.6 is 0 Å². The van der Waals surface area contributed by atoms with Crippen molar-refractivity contribution in [1.82, 2.24) is 14.8 Å². The van der Waals surface area contributed by atoms with Crippen LogP contribution in [0.25, 0.3) is 0 Å². The molecule has 27 heavy (non-hydrogen) atoms. The van der Waals surface area contributed by atoms with E-state index in [4.69, 9.17) is 0 Å². The lowest BCUT2D eigenvalue weighted by Crippen LogP contribution is -2.50. The number of nitrogens with zero attached hydrogens (tertiary/aromatic N) is 3. The average molecular weight is 367 g/mol. The highest BCUT2D eigenvalue weighted by Crippen LogP contribution is 2.40. The number of amides is 2. The smallest absolute Gasteiger partial charge is 0.272 e. The number of hydrogen-bond acceptors (Lipinski definition) is 3. The summed E-state index contributed by atoms with van der Waals surface area (Å²) in [6, 6.07) is 11.6. The molecule has 2 fully saturated rings. The van der Waals surface area contributed by atoms with Crippen LogP contribution in [0.15, 0.2) is 48.7 Å². The van der Waals surface area contributed by atoms with Gasteiger partial charge in [0.1, 0.15) is 11.5 Å². The van der Waals surface area contributed by atoms with E-state index in [1.807, 2.05) is 4.90 Å². The van der Waals surface area contributed by atoms with Crippen molar-refractivity contribution in [3.8, 4) is 0 Å². The number of likely N-dealkylation sites (tertiary alicyclic amines) is 2. The van der Waals surface area contributed by atoms with E-state index in [0.29, 0.717) is 38.3 Å². The quantitative estimate of drug-likeness (QED) is 0.838. The molecule has 5 nitrogen and oxygen atoms in total. The molecule has 0 radical (unpaired) electrons. The second-order valence-corrected chi connectivity index (χ2v) is 7.43. The van der Waals surface area contributed by atoms with Gasteiger partial charge in [-0.05, 0) is 49.1 Å². The minimum Gasteiger partial charge on any atom is -0.338 e. The third-order valence-electron chi connectivity index (χ3n) is 5.64. The molecule has 2 aliphatic heterocycles. The maximum atomic E-state index is 13.2. The molecule has 0 bridgehead atoms. The summed E-state index contributed by atoms with van der Waals surface area (Å²) < 4.78 is 13.1. The Balaban J connectivity index is 1.47. The fourth-order valence-electron chi connectivity index (χ4n) is 4.19. The highest BCUT2D eigenvalue weighted by molar-refractivity contribution is 5.93. The summed E-state index contributed by atoms with van der Waals surface area (Å²) in [6.45, 7) is 2.20. The zero-order valence-corrected chi connectivity index (χ0v) is 15.1. The second kappa shape index (κ2) is 7.10. The van der Waals surface area contributed by atoms with E-state index in [-0.39, 0.29) is 17.6 Å². The van der Waals surface area contributed by atoms with Crippen molar-refractivity contribution in [2.24, 2.45) is 5.41 Å². The summed E-state index contributed by atoms with van der Waals surface area (Å²) in [6.07, 6.45) is 4.01. The van der Waals surface area contributed by atoms with Crippen molar-refractivity contribution in [2.45, 2.75) is 25.8 Å². The van der Waals surface area contributed by atoms with Crippen LogP contribution in [0.3, 0.4) is 0 Å². The average Bonchev–Trinajstić information content (AvgIpc) is 3.12. The molecular weight excluding hydrogens is 345 g/mol. The van der Waals surface area contributed by atoms with Crippen LogP contribution < -0.4 is 0 Å². The molecule has 6 heteroatoms. The minimum atomic E-state index is -0.497. The van der Waals surface area contributed by atoms with Crippen LogP contribution in [-0.4, -0.2) is 46.2 Å². The lowest BCUT2D eigenvalue weighted by molar-refractivity contribution is -0.146. The van der Waals surface area contributed by atoms with Crippen molar-refractivity contribution in [3.05, 3.63) is 65.7 Å².